The molecule has 0 radical (unpaired) electrons. The first-order valence-electron chi connectivity index (χ1n) is 5.19. The molecule has 0 saturated carbocycles. The van der Waals surface area contributed by atoms with Crippen LogP contribution in [0.3, 0.4) is 0 Å². The number of hydrogen-bond donors (Lipinski definition) is 3. The van der Waals surface area contributed by atoms with Gasteiger partial charge in [0.25, 0.3) is 0 Å². The maximum absolute atomic E-state index is 9.88. The van der Waals surface area contributed by atoms with Crippen molar-refractivity contribution in [3.8, 4) is 0 Å². The normalized spacial score (nSPS) is 39.5. The van der Waals surface area contributed by atoms with Crippen LogP contribution in [-0.2, 0) is 4.74 Å². The van der Waals surface area contributed by atoms with Gasteiger partial charge in [-0.15, -0.1) is 0 Å². The maximum atomic E-state index is 9.88. The van der Waals surface area contributed by atoms with Crippen LogP contribution in [0.15, 0.2) is 5.11 Å². The first-order chi connectivity index (χ1) is 7.52. The summed E-state index contributed by atoms with van der Waals surface area (Å²) in [6, 6.07) is -0.983. The summed E-state index contributed by atoms with van der Waals surface area (Å²) < 4.78 is 5.36. The van der Waals surface area contributed by atoms with E-state index in [1.807, 2.05) is 13.8 Å². The molecule has 1 heterocycles. The third-order valence-corrected chi connectivity index (χ3v) is 2.77. The maximum Gasteiger partial charge on any atom is 0.107 e. The topological polar surface area (TPSA) is 119 Å². The minimum Gasteiger partial charge on any atom is -0.394 e. The molecule has 7 heteroatoms. The summed E-state index contributed by atoms with van der Waals surface area (Å²) in [4.78, 5) is 2.59. The van der Waals surface area contributed by atoms with Gasteiger partial charge in [-0.05, 0) is 11.4 Å². The molecule has 1 saturated heterocycles. The molecule has 0 spiro atoms. The zero-order chi connectivity index (χ0) is 12.3. The highest BCUT2D eigenvalue weighted by molar-refractivity contribution is 4.97. The van der Waals surface area contributed by atoms with Gasteiger partial charge in [0.15, 0.2) is 0 Å². The van der Waals surface area contributed by atoms with E-state index in [0.29, 0.717) is 0 Å². The van der Waals surface area contributed by atoms with Gasteiger partial charge in [0, 0.05) is 4.91 Å². The number of nitrogens with zero attached hydrogens (tertiary/aromatic N) is 3. The second-order valence-electron chi connectivity index (χ2n) is 4.24. The predicted molar refractivity (Wildman–Crippen MR) is 55.5 cm³/mol. The number of azide groups is 1. The Kier molecular flexibility index (Phi) is 4.52. The van der Waals surface area contributed by atoms with Gasteiger partial charge in [-0.3, -0.25) is 0 Å². The van der Waals surface area contributed by atoms with E-state index in [9.17, 15) is 10.2 Å². The van der Waals surface area contributed by atoms with Crippen LogP contribution in [-0.4, -0.2) is 52.4 Å². The number of aliphatic hydroxyl groups is 3. The van der Waals surface area contributed by atoms with Gasteiger partial charge >= 0.3 is 0 Å². The predicted octanol–water partition coefficient (Wildman–Crippen LogP) is -0.197. The highest BCUT2D eigenvalue weighted by Gasteiger charge is 2.44. The zero-order valence-electron chi connectivity index (χ0n) is 9.26. The number of aliphatic hydroxyl groups excluding tert-OH is 3. The average molecular weight is 231 g/mol. The standard InChI is InChI=1S/C9H17N3O4/c1-4(2)9-8(15)6(11-12-10)7(14)5(3-13)16-9/h4-9,13-15H,3H2,1-2H3/t5?,6-,7-,8?,9-/m0/s1. The van der Waals surface area contributed by atoms with E-state index in [4.69, 9.17) is 15.4 Å². The summed E-state index contributed by atoms with van der Waals surface area (Å²) in [7, 11) is 0. The van der Waals surface area contributed by atoms with Crippen molar-refractivity contribution in [2.24, 2.45) is 11.0 Å². The second kappa shape index (κ2) is 5.47. The number of rotatable bonds is 3. The summed E-state index contributed by atoms with van der Waals surface area (Å²) >= 11 is 0. The van der Waals surface area contributed by atoms with Gasteiger partial charge in [0.05, 0.1) is 31.0 Å². The molecular formula is C9H17N3O4. The summed E-state index contributed by atoms with van der Waals surface area (Å²) in [5, 5.41) is 32.0. The fraction of sp³-hybridized carbons (Fsp3) is 1.00. The van der Waals surface area contributed by atoms with Crippen molar-refractivity contribution in [1.29, 1.82) is 0 Å². The van der Waals surface area contributed by atoms with Crippen molar-refractivity contribution in [1.82, 2.24) is 0 Å². The Hall–Kier alpha value is -0.850. The highest BCUT2D eigenvalue weighted by Crippen LogP contribution is 2.27. The van der Waals surface area contributed by atoms with Crippen LogP contribution in [0.4, 0.5) is 0 Å². The molecule has 16 heavy (non-hydrogen) atoms. The van der Waals surface area contributed by atoms with Crippen molar-refractivity contribution in [2.75, 3.05) is 6.61 Å². The fourth-order valence-electron chi connectivity index (χ4n) is 1.88. The van der Waals surface area contributed by atoms with Crippen LogP contribution >= 0.6 is 0 Å². The van der Waals surface area contributed by atoms with E-state index in [1.54, 1.807) is 0 Å². The minimum absolute atomic E-state index is 0.00653. The molecule has 2 unspecified atom stereocenters. The van der Waals surface area contributed by atoms with E-state index in [-0.39, 0.29) is 12.5 Å². The van der Waals surface area contributed by atoms with Gasteiger partial charge < -0.3 is 20.1 Å². The Morgan fingerprint density at radius 2 is 2.00 bits per heavy atom. The molecule has 5 atom stereocenters. The second-order valence-corrected chi connectivity index (χ2v) is 4.24. The van der Waals surface area contributed by atoms with Gasteiger partial charge in [0.1, 0.15) is 6.10 Å². The van der Waals surface area contributed by atoms with Crippen LogP contribution in [0.1, 0.15) is 13.8 Å². The lowest BCUT2D eigenvalue weighted by molar-refractivity contribution is -0.199. The van der Waals surface area contributed by atoms with Gasteiger partial charge in [-0.2, -0.15) is 0 Å². The van der Waals surface area contributed by atoms with Crippen LogP contribution in [0.2, 0.25) is 0 Å². The minimum atomic E-state index is -1.19. The third-order valence-electron chi connectivity index (χ3n) is 2.77. The number of ether oxygens (including phenoxy) is 1. The van der Waals surface area contributed by atoms with E-state index >= 15 is 0 Å². The van der Waals surface area contributed by atoms with Crippen molar-refractivity contribution in [3.63, 3.8) is 0 Å². The van der Waals surface area contributed by atoms with E-state index in [1.165, 1.54) is 0 Å². The molecule has 0 aromatic rings. The molecule has 0 amide bonds. The fourth-order valence-corrected chi connectivity index (χ4v) is 1.88. The van der Waals surface area contributed by atoms with Crippen LogP contribution in [0, 0.1) is 5.92 Å². The molecule has 1 fully saturated rings. The molecule has 0 aromatic heterocycles. The molecular weight excluding hydrogens is 214 g/mol. The quantitative estimate of drug-likeness (QED) is 0.354. The van der Waals surface area contributed by atoms with Crippen LogP contribution in [0.5, 0.6) is 0 Å². The zero-order valence-corrected chi connectivity index (χ0v) is 9.26. The lowest BCUT2D eigenvalue weighted by Gasteiger charge is -2.42. The molecule has 0 aromatic carbocycles. The smallest absolute Gasteiger partial charge is 0.107 e. The average Bonchev–Trinajstić information content (AvgIpc) is 2.24. The molecule has 1 aliphatic heterocycles. The highest BCUT2D eigenvalue weighted by atomic mass is 16.5. The van der Waals surface area contributed by atoms with Crippen LogP contribution < -0.4 is 0 Å². The summed E-state index contributed by atoms with van der Waals surface area (Å²) in [5.74, 6) is -0.00653. The molecule has 3 N–H and O–H groups in total. The summed E-state index contributed by atoms with van der Waals surface area (Å²) in [6.07, 6.45) is -3.64. The Morgan fingerprint density at radius 1 is 1.38 bits per heavy atom. The molecule has 7 nitrogen and oxygen atoms in total. The summed E-state index contributed by atoms with van der Waals surface area (Å²) in [5.41, 5.74) is 8.37. The number of hydrogen-bond acceptors (Lipinski definition) is 5. The van der Waals surface area contributed by atoms with Gasteiger partial charge in [-0.25, -0.2) is 0 Å². The van der Waals surface area contributed by atoms with Crippen molar-refractivity contribution in [3.05, 3.63) is 10.4 Å². The molecule has 92 valence electrons. The third kappa shape index (κ3) is 2.45. The lowest BCUT2D eigenvalue weighted by atomic mass is 9.88. The van der Waals surface area contributed by atoms with Crippen molar-refractivity contribution in [2.45, 2.75) is 44.3 Å². The Labute approximate surface area is 93.3 Å². The molecule has 1 aliphatic rings. The van der Waals surface area contributed by atoms with E-state index < -0.39 is 30.5 Å². The van der Waals surface area contributed by atoms with Gasteiger partial charge in [0.2, 0.25) is 0 Å². The first kappa shape index (κ1) is 13.2. The first-order valence-corrected chi connectivity index (χ1v) is 5.19. The van der Waals surface area contributed by atoms with E-state index in [0.717, 1.165) is 0 Å². The Bertz CT molecular complexity index is 280. The monoisotopic (exact) mass is 231 g/mol. The van der Waals surface area contributed by atoms with Crippen LogP contribution in [0.25, 0.3) is 10.4 Å². The Morgan fingerprint density at radius 3 is 2.44 bits per heavy atom. The van der Waals surface area contributed by atoms with Crippen molar-refractivity contribution >= 4 is 0 Å². The summed E-state index contributed by atoms with van der Waals surface area (Å²) in [6.45, 7) is 3.30. The largest absolute Gasteiger partial charge is 0.394 e. The van der Waals surface area contributed by atoms with E-state index in [2.05, 4.69) is 10.0 Å². The van der Waals surface area contributed by atoms with Gasteiger partial charge in [-0.1, -0.05) is 19.0 Å². The molecule has 0 aliphatic carbocycles. The Balaban J connectivity index is 2.92. The lowest BCUT2D eigenvalue weighted by Crippen LogP contribution is -2.58. The van der Waals surface area contributed by atoms with Crippen molar-refractivity contribution < 1.29 is 20.1 Å². The molecule has 0 bridgehead atoms. The molecule has 1 rings (SSSR count). The SMILES string of the molecule is CC(C)[C@@H]1OC(CO)[C@H](O)[C@H](N=[N+]=[N-])C1O.